The van der Waals surface area contributed by atoms with E-state index >= 15 is 0 Å². The van der Waals surface area contributed by atoms with Crippen LogP contribution in [0.3, 0.4) is 0 Å². The molecule has 0 radical (unpaired) electrons. The highest BCUT2D eigenvalue weighted by Gasteiger charge is 2.22. The number of aliphatic carboxylic acids is 1. The fourth-order valence-corrected chi connectivity index (χ4v) is 2.06. The summed E-state index contributed by atoms with van der Waals surface area (Å²) in [5, 5.41) is 11.2. The van der Waals surface area contributed by atoms with Crippen molar-refractivity contribution in [2.24, 2.45) is 0 Å². The fraction of sp³-hybridized carbons (Fsp3) is 0.455. The molecule has 7 nitrogen and oxygen atoms in total. The number of aryl methyl sites for hydroxylation is 1. The van der Waals surface area contributed by atoms with E-state index < -0.39 is 27.8 Å². The van der Waals surface area contributed by atoms with E-state index in [1.54, 1.807) is 6.92 Å². The van der Waals surface area contributed by atoms with E-state index in [2.05, 4.69) is 5.32 Å². The van der Waals surface area contributed by atoms with Crippen molar-refractivity contribution in [2.75, 3.05) is 12.0 Å². The summed E-state index contributed by atoms with van der Waals surface area (Å²) in [7, 11) is -3.28. The third-order valence-corrected chi connectivity index (χ3v) is 3.35. The lowest BCUT2D eigenvalue weighted by atomic mass is 10.2. The van der Waals surface area contributed by atoms with E-state index in [0.717, 1.165) is 6.26 Å². The van der Waals surface area contributed by atoms with Gasteiger partial charge in [-0.15, -0.1) is 0 Å². The summed E-state index contributed by atoms with van der Waals surface area (Å²) in [5.74, 6) is -1.68. The molecular formula is C11H15NO6S. The molecule has 8 heteroatoms. The Morgan fingerprint density at radius 2 is 2.11 bits per heavy atom. The fourth-order valence-electron chi connectivity index (χ4n) is 1.39. The van der Waals surface area contributed by atoms with Gasteiger partial charge in [0.05, 0.1) is 11.3 Å². The normalized spacial score (nSPS) is 12.9. The zero-order chi connectivity index (χ0) is 14.6. The van der Waals surface area contributed by atoms with Crippen LogP contribution < -0.4 is 5.32 Å². The monoisotopic (exact) mass is 289 g/mol. The maximum Gasteiger partial charge on any atom is 0.326 e. The highest BCUT2D eigenvalue weighted by Crippen LogP contribution is 2.07. The molecule has 0 spiro atoms. The Morgan fingerprint density at radius 1 is 1.47 bits per heavy atom. The van der Waals surface area contributed by atoms with Gasteiger partial charge in [-0.05, 0) is 19.4 Å². The van der Waals surface area contributed by atoms with E-state index in [-0.39, 0.29) is 17.7 Å². The summed E-state index contributed by atoms with van der Waals surface area (Å²) in [6.07, 6.45) is 2.03. The van der Waals surface area contributed by atoms with Gasteiger partial charge < -0.3 is 14.8 Å². The molecule has 1 amide bonds. The van der Waals surface area contributed by atoms with Gasteiger partial charge in [-0.1, -0.05) is 0 Å². The van der Waals surface area contributed by atoms with Crippen LogP contribution >= 0.6 is 0 Å². The molecule has 0 saturated heterocycles. The molecule has 1 atom stereocenters. The smallest absolute Gasteiger partial charge is 0.326 e. The van der Waals surface area contributed by atoms with Crippen molar-refractivity contribution < 1.29 is 27.5 Å². The largest absolute Gasteiger partial charge is 0.480 e. The summed E-state index contributed by atoms with van der Waals surface area (Å²) < 4.78 is 26.9. The number of furan rings is 1. The maximum atomic E-state index is 11.7. The second kappa shape index (κ2) is 5.87. The molecule has 1 unspecified atom stereocenters. The van der Waals surface area contributed by atoms with E-state index in [9.17, 15) is 18.0 Å². The molecular weight excluding hydrogens is 274 g/mol. The molecule has 0 aliphatic rings. The van der Waals surface area contributed by atoms with Gasteiger partial charge in [-0.2, -0.15) is 0 Å². The minimum Gasteiger partial charge on any atom is -0.480 e. The van der Waals surface area contributed by atoms with Crippen molar-refractivity contribution in [3.05, 3.63) is 23.7 Å². The van der Waals surface area contributed by atoms with Crippen molar-refractivity contribution in [1.82, 2.24) is 5.32 Å². The van der Waals surface area contributed by atoms with Gasteiger partial charge in [0, 0.05) is 6.26 Å². The number of rotatable bonds is 6. The SMILES string of the molecule is Cc1cc(C(=O)NC(CCS(C)(=O)=O)C(=O)O)co1. The van der Waals surface area contributed by atoms with Gasteiger partial charge >= 0.3 is 5.97 Å². The first-order valence-electron chi connectivity index (χ1n) is 5.45. The second-order valence-electron chi connectivity index (χ2n) is 4.23. The Labute approximate surface area is 110 Å². The quantitative estimate of drug-likeness (QED) is 0.773. The topological polar surface area (TPSA) is 114 Å². The number of amides is 1. The molecule has 0 aromatic carbocycles. The van der Waals surface area contributed by atoms with E-state index in [1.165, 1.54) is 12.3 Å². The van der Waals surface area contributed by atoms with Gasteiger partial charge in [0.2, 0.25) is 0 Å². The first kappa shape index (κ1) is 15.2. The molecule has 1 heterocycles. The lowest BCUT2D eigenvalue weighted by Gasteiger charge is -2.13. The Kier molecular flexibility index (Phi) is 4.71. The summed E-state index contributed by atoms with van der Waals surface area (Å²) in [6, 6.07) is 0.211. The summed E-state index contributed by atoms with van der Waals surface area (Å²) in [6.45, 7) is 1.65. The van der Waals surface area contributed by atoms with Crippen LogP contribution in [0.4, 0.5) is 0 Å². The van der Waals surface area contributed by atoms with Gasteiger partial charge in [0.15, 0.2) is 0 Å². The molecule has 0 bridgehead atoms. The maximum absolute atomic E-state index is 11.7. The molecule has 0 aliphatic carbocycles. The third-order valence-electron chi connectivity index (χ3n) is 2.37. The number of carbonyl (C=O) groups is 2. The molecule has 19 heavy (non-hydrogen) atoms. The molecule has 0 fully saturated rings. The number of carboxylic acid groups (broad SMARTS) is 1. The average molecular weight is 289 g/mol. The van der Waals surface area contributed by atoms with Crippen LogP contribution in [0, 0.1) is 6.92 Å². The summed E-state index contributed by atoms with van der Waals surface area (Å²) >= 11 is 0. The summed E-state index contributed by atoms with van der Waals surface area (Å²) in [5.41, 5.74) is 0.197. The van der Waals surface area contributed by atoms with Crippen LogP contribution in [0.15, 0.2) is 16.7 Å². The highest BCUT2D eigenvalue weighted by molar-refractivity contribution is 7.90. The van der Waals surface area contributed by atoms with Crippen LogP contribution in [-0.4, -0.2) is 43.5 Å². The number of hydrogen-bond donors (Lipinski definition) is 2. The van der Waals surface area contributed by atoms with Crippen LogP contribution in [0.2, 0.25) is 0 Å². The van der Waals surface area contributed by atoms with Gasteiger partial charge in [0.25, 0.3) is 5.91 Å². The molecule has 1 aromatic heterocycles. The van der Waals surface area contributed by atoms with Crippen LogP contribution in [-0.2, 0) is 14.6 Å². The minimum absolute atomic E-state index is 0.184. The van der Waals surface area contributed by atoms with Gasteiger partial charge in [-0.25, -0.2) is 13.2 Å². The van der Waals surface area contributed by atoms with Crippen molar-refractivity contribution in [3.8, 4) is 0 Å². The lowest BCUT2D eigenvalue weighted by molar-refractivity contribution is -0.139. The number of sulfone groups is 1. The first-order chi connectivity index (χ1) is 8.69. The number of nitrogens with one attached hydrogen (secondary N) is 1. The lowest BCUT2D eigenvalue weighted by Crippen LogP contribution is -2.41. The molecule has 106 valence electrons. The van der Waals surface area contributed by atoms with Gasteiger partial charge in [-0.3, -0.25) is 4.79 Å². The average Bonchev–Trinajstić information content (AvgIpc) is 2.69. The minimum atomic E-state index is -3.28. The van der Waals surface area contributed by atoms with E-state index in [4.69, 9.17) is 9.52 Å². The number of carbonyl (C=O) groups excluding carboxylic acids is 1. The summed E-state index contributed by atoms with van der Waals surface area (Å²) in [4.78, 5) is 22.7. The number of hydrogen-bond acceptors (Lipinski definition) is 5. The molecule has 2 N–H and O–H groups in total. The van der Waals surface area contributed by atoms with Crippen molar-refractivity contribution in [3.63, 3.8) is 0 Å². The Morgan fingerprint density at radius 3 is 2.53 bits per heavy atom. The van der Waals surface area contributed by atoms with Crippen molar-refractivity contribution in [1.29, 1.82) is 0 Å². The second-order valence-corrected chi connectivity index (χ2v) is 6.49. The predicted molar refractivity (Wildman–Crippen MR) is 66.7 cm³/mol. The zero-order valence-corrected chi connectivity index (χ0v) is 11.4. The van der Waals surface area contributed by atoms with Gasteiger partial charge in [0.1, 0.15) is 27.9 Å². The van der Waals surface area contributed by atoms with Crippen LogP contribution in [0.1, 0.15) is 22.5 Å². The van der Waals surface area contributed by atoms with Crippen molar-refractivity contribution >= 4 is 21.7 Å². The molecule has 1 rings (SSSR count). The molecule has 1 aromatic rings. The predicted octanol–water partition coefficient (Wildman–Crippen LogP) is 0.206. The Balaban J connectivity index is 2.68. The molecule has 0 aliphatic heterocycles. The third kappa shape index (κ3) is 5.12. The molecule has 0 saturated carbocycles. The van der Waals surface area contributed by atoms with E-state index in [1.807, 2.05) is 0 Å². The Bertz CT molecular complexity index is 574. The highest BCUT2D eigenvalue weighted by atomic mass is 32.2. The van der Waals surface area contributed by atoms with E-state index in [0.29, 0.717) is 5.76 Å². The first-order valence-corrected chi connectivity index (χ1v) is 7.51. The van der Waals surface area contributed by atoms with Crippen molar-refractivity contribution in [2.45, 2.75) is 19.4 Å². The number of carboxylic acids is 1. The van der Waals surface area contributed by atoms with Crippen LogP contribution in [0.25, 0.3) is 0 Å². The standard InChI is InChI=1S/C11H15NO6S/c1-7-5-8(6-18-7)10(13)12-9(11(14)15)3-4-19(2,16)17/h5-6,9H,3-4H2,1-2H3,(H,12,13)(H,14,15). The zero-order valence-electron chi connectivity index (χ0n) is 10.5. The Hall–Kier alpha value is -1.83. The van der Waals surface area contributed by atoms with Crippen LogP contribution in [0.5, 0.6) is 0 Å².